The normalized spacial score (nSPS) is 10.3. The molecule has 2 aromatic rings. The second-order valence-electron chi connectivity index (χ2n) is 4.36. The first-order valence-corrected chi connectivity index (χ1v) is 5.89. The van der Waals surface area contributed by atoms with Gasteiger partial charge in [-0.1, -0.05) is 12.1 Å². The van der Waals surface area contributed by atoms with Gasteiger partial charge in [0.1, 0.15) is 5.82 Å². The van der Waals surface area contributed by atoms with E-state index in [9.17, 15) is 9.18 Å². The minimum atomic E-state index is -0.374. The van der Waals surface area contributed by atoms with E-state index in [-0.39, 0.29) is 11.7 Å². The Kier molecular flexibility index (Phi) is 3.51. The predicted molar refractivity (Wildman–Crippen MR) is 74.7 cm³/mol. The van der Waals surface area contributed by atoms with Crippen molar-refractivity contribution in [2.24, 2.45) is 0 Å². The van der Waals surface area contributed by atoms with Crippen LogP contribution in [0.4, 0.5) is 15.8 Å². The van der Waals surface area contributed by atoms with Crippen molar-refractivity contribution >= 4 is 17.3 Å². The number of nitrogens with two attached hydrogens (primary N) is 1. The van der Waals surface area contributed by atoms with E-state index < -0.39 is 0 Å². The lowest BCUT2D eigenvalue weighted by molar-refractivity contribution is 0.0992. The summed E-state index contributed by atoms with van der Waals surface area (Å²) in [5.41, 5.74) is 8.12. The Hall–Kier alpha value is -2.36. The maximum absolute atomic E-state index is 13.2. The van der Waals surface area contributed by atoms with Crippen molar-refractivity contribution in [1.82, 2.24) is 0 Å². The molecule has 2 rings (SSSR count). The number of nitrogens with zero attached hydrogens (tertiary/aromatic N) is 1. The number of benzene rings is 2. The Morgan fingerprint density at radius 3 is 2.58 bits per heavy atom. The molecule has 19 heavy (non-hydrogen) atoms. The van der Waals surface area contributed by atoms with Gasteiger partial charge in [-0.05, 0) is 42.8 Å². The third-order valence-corrected chi connectivity index (χ3v) is 3.11. The standard InChI is InChI=1S/C15H15FN2O/c1-10-13(7-4-8-14(10)17)15(19)18(2)12-6-3-5-11(16)9-12/h3-9H,17H2,1-2H3. The van der Waals surface area contributed by atoms with Gasteiger partial charge in [0.25, 0.3) is 5.91 Å². The van der Waals surface area contributed by atoms with Crippen molar-refractivity contribution in [1.29, 1.82) is 0 Å². The fraction of sp³-hybridized carbons (Fsp3) is 0.133. The maximum atomic E-state index is 13.2. The molecule has 0 spiro atoms. The van der Waals surface area contributed by atoms with Crippen molar-refractivity contribution < 1.29 is 9.18 Å². The summed E-state index contributed by atoms with van der Waals surface area (Å²) in [6, 6.07) is 11.1. The molecule has 4 heteroatoms. The first-order chi connectivity index (χ1) is 9.00. The zero-order valence-electron chi connectivity index (χ0n) is 10.9. The molecule has 2 aromatic carbocycles. The molecular formula is C15H15FN2O. The van der Waals surface area contributed by atoms with Crippen molar-refractivity contribution in [2.45, 2.75) is 6.92 Å². The lowest BCUT2D eigenvalue weighted by Crippen LogP contribution is -2.27. The number of halogens is 1. The van der Waals surface area contributed by atoms with Crippen LogP contribution in [0, 0.1) is 12.7 Å². The van der Waals surface area contributed by atoms with Crippen LogP contribution in [0.25, 0.3) is 0 Å². The lowest BCUT2D eigenvalue weighted by atomic mass is 10.1. The molecule has 0 aliphatic rings. The van der Waals surface area contributed by atoms with E-state index in [1.165, 1.54) is 17.0 Å². The van der Waals surface area contributed by atoms with Crippen LogP contribution in [0.5, 0.6) is 0 Å². The summed E-state index contributed by atoms with van der Waals surface area (Å²) in [4.78, 5) is 13.8. The van der Waals surface area contributed by atoms with E-state index in [1.807, 2.05) is 0 Å². The summed E-state index contributed by atoms with van der Waals surface area (Å²) in [6.07, 6.45) is 0. The second-order valence-corrected chi connectivity index (χ2v) is 4.36. The highest BCUT2D eigenvalue weighted by Crippen LogP contribution is 2.21. The van der Waals surface area contributed by atoms with Crippen LogP contribution in [0.2, 0.25) is 0 Å². The molecular weight excluding hydrogens is 243 g/mol. The van der Waals surface area contributed by atoms with E-state index in [0.717, 1.165) is 5.56 Å². The third kappa shape index (κ3) is 2.57. The minimum absolute atomic E-state index is 0.213. The zero-order valence-corrected chi connectivity index (χ0v) is 10.9. The Bertz CT molecular complexity index is 625. The molecule has 2 N–H and O–H groups in total. The van der Waals surface area contributed by atoms with Crippen LogP contribution >= 0.6 is 0 Å². The van der Waals surface area contributed by atoms with Crippen LogP contribution in [-0.4, -0.2) is 13.0 Å². The van der Waals surface area contributed by atoms with Gasteiger partial charge >= 0.3 is 0 Å². The quantitative estimate of drug-likeness (QED) is 0.842. The Balaban J connectivity index is 2.36. The van der Waals surface area contributed by atoms with Gasteiger partial charge in [0.05, 0.1) is 0 Å². The first kappa shape index (κ1) is 13.1. The van der Waals surface area contributed by atoms with Crippen molar-refractivity contribution in [3.8, 4) is 0 Å². The van der Waals surface area contributed by atoms with Crippen molar-refractivity contribution in [2.75, 3.05) is 17.7 Å². The highest BCUT2D eigenvalue weighted by atomic mass is 19.1. The summed E-state index contributed by atoms with van der Waals surface area (Å²) >= 11 is 0. The molecule has 0 saturated carbocycles. The average molecular weight is 258 g/mol. The molecule has 98 valence electrons. The molecule has 0 aliphatic carbocycles. The van der Waals surface area contributed by atoms with E-state index in [2.05, 4.69) is 0 Å². The number of rotatable bonds is 2. The molecule has 0 heterocycles. The molecule has 0 bridgehead atoms. The fourth-order valence-corrected chi connectivity index (χ4v) is 1.87. The Morgan fingerprint density at radius 2 is 1.89 bits per heavy atom. The fourth-order valence-electron chi connectivity index (χ4n) is 1.87. The van der Waals surface area contributed by atoms with Gasteiger partial charge in [-0.3, -0.25) is 4.79 Å². The number of amides is 1. The van der Waals surface area contributed by atoms with Gasteiger partial charge in [-0.15, -0.1) is 0 Å². The number of nitrogen functional groups attached to an aromatic ring is 1. The predicted octanol–water partition coefficient (Wildman–Crippen LogP) is 2.99. The molecule has 0 fully saturated rings. The number of hydrogen-bond acceptors (Lipinski definition) is 2. The molecule has 0 saturated heterocycles. The first-order valence-electron chi connectivity index (χ1n) is 5.89. The van der Waals surface area contributed by atoms with Crippen molar-refractivity contribution in [3.63, 3.8) is 0 Å². The lowest BCUT2D eigenvalue weighted by Gasteiger charge is -2.19. The SMILES string of the molecule is Cc1c(N)cccc1C(=O)N(C)c1cccc(F)c1. The summed E-state index contributed by atoms with van der Waals surface area (Å²) in [6.45, 7) is 1.79. The van der Waals surface area contributed by atoms with Gasteiger partial charge in [-0.25, -0.2) is 4.39 Å². The van der Waals surface area contributed by atoms with Crippen LogP contribution < -0.4 is 10.6 Å². The average Bonchev–Trinajstić information content (AvgIpc) is 2.40. The Morgan fingerprint density at radius 1 is 1.21 bits per heavy atom. The van der Waals surface area contributed by atoms with Crippen molar-refractivity contribution in [3.05, 3.63) is 59.4 Å². The Labute approximate surface area is 111 Å². The van der Waals surface area contributed by atoms with Gasteiger partial charge < -0.3 is 10.6 Å². The minimum Gasteiger partial charge on any atom is -0.398 e. The summed E-state index contributed by atoms with van der Waals surface area (Å²) in [7, 11) is 1.61. The second kappa shape index (κ2) is 5.10. The highest BCUT2D eigenvalue weighted by Gasteiger charge is 2.16. The molecule has 3 nitrogen and oxygen atoms in total. The van der Waals surface area contributed by atoms with Gasteiger partial charge in [0.2, 0.25) is 0 Å². The molecule has 1 amide bonds. The zero-order chi connectivity index (χ0) is 14.0. The van der Waals surface area contributed by atoms with Crippen LogP contribution in [0.1, 0.15) is 15.9 Å². The van der Waals surface area contributed by atoms with Crippen LogP contribution in [-0.2, 0) is 0 Å². The molecule has 0 aliphatic heterocycles. The molecule has 0 aromatic heterocycles. The molecule has 0 unspecified atom stereocenters. The smallest absolute Gasteiger partial charge is 0.258 e. The van der Waals surface area contributed by atoms with E-state index in [1.54, 1.807) is 44.3 Å². The molecule has 0 atom stereocenters. The third-order valence-electron chi connectivity index (χ3n) is 3.11. The van der Waals surface area contributed by atoms with E-state index >= 15 is 0 Å². The number of anilines is 2. The summed E-state index contributed by atoms with van der Waals surface area (Å²) in [5, 5.41) is 0. The number of carbonyl (C=O) groups is 1. The summed E-state index contributed by atoms with van der Waals surface area (Å²) in [5.74, 6) is -0.586. The van der Waals surface area contributed by atoms with Crippen LogP contribution in [0.15, 0.2) is 42.5 Å². The number of hydrogen-bond donors (Lipinski definition) is 1. The monoisotopic (exact) mass is 258 g/mol. The maximum Gasteiger partial charge on any atom is 0.258 e. The van der Waals surface area contributed by atoms with Gasteiger partial charge in [0, 0.05) is 24.0 Å². The van der Waals surface area contributed by atoms with E-state index in [4.69, 9.17) is 5.73 Å². The van der Waals surface area contributed by atoms with Crippen LogP contribution in [0.3, 0.4) is 0 Å². The highest BCUT2D eigenvalue weighted by molar-refractivity contribution is 6.07. The topological polar surface area (TPSA) is 46.3 Å². The summed E-state index contributed by atoms with van der Waals surface area (Å²) < 4.78 is 13.2. The van der Waals surface area contributed by atoms with Gasteiger partial charge in [0.15, 0.2) is 0 Å². The largest absolute Gasteiger partial charge is 0.398 e. The van der Waals surface area contributed by atoms with Gasteiger partial charge in [-0.2, -0.15) is 0 Å². The molecule has 0 radical (unpaired) electrons. The van der Waals surface area contributed by atoms with E-state index in [0.29, 0.717) is 16.9 Å². The number of carbonyl (C=O) groups excluding carboxylic acids is 1.